The van der Waals surface area contributed by atoms with Gasteiger partial charge in [-0.25, -0.2) is 9.18 Å². The van der Waals surface area contributed by atoms with Crippen molar-refractivity contribution in [3.05, 3.63) is 41.2 Å². The van der Waals surface area contributed by atoms with Crippen molar-refractivity contribution in [1.29, 1.82) is 0 Å². The summed E-state index contributed by atoms with van der Waals surface area (Å²) in [6.07, 6.45) is 4.05. The molecule has 1 aliphatic heterocycles. The molecule has 0 aromatic heterocycles. The summed E-state index contributed by atoms with van der Waals surface area (Å²) in [5, 5.41) is 11.4. The van der Waals surface area contributed by atoms with Crippen molar-refractivity contribution < 1.29 is 19.1 Å². The van der Waals surface area contributed by atoms with E-state index < -0.39 is 17.7 Å². The van der Waals surface area contributed by atoms with Crippen LogP contribution in [-0.2, 0) is 4.79 Å². The minimum Gasteiger partial charge on any atom is -0.478 e. The fraction of sp³-hybridized carbons (Fsp3) is 0.333. The number of carbonyl (C=O) groups excluding carboxylic acids is 1. The number of carbonyl (C=O) groups is 2. The minimum atomic E-state index is -1.09. The Morgan fingerprint density at radius 3 is 2.71 bits per heavy atom. The van der Waals surface area contributed by atoms with Crippen LogP contribution in [-0.4, -0.2) is 34.5 Å². The van der Waals surface area contributed by atoms with Crippen LogP contribution < -0.4 is 5.32 Å². The quantitative estimate of drug-likeness (QED) is 0.839. The Labute approximate surface area is 126 Å². The molecule has 2 rings (SSSR count). The molecule has 0 saturated carbocycles. The maximum atomic E-state index is 13.8. The summed E-state index contributed by atoms with van der Waals surface area (Å²) in [7, 11) is 0. The van der Waals surface area contributed by atoms with E-state index >= 15 is 0 Å². The number of halogens is 1. The zero-order valence-corrected chi connectivity index (χ0v) is 12.2. The summed E-state index contributed by atoms with van der Waals surface area (Å²) >= 11 is 1.85. The van der Waals surface area contributed by atoms with Gasteiger partial charge in [0.1, 0.15) is 5.82 Å². The van der Waals surface area contributed by atoms with Crippen molar-refractivity contribution in [2.24, 2.45) is 0 Å². The number of benzene rings is 1. The van der Waals surface area contributed by atoms with Gasteiger partial charge in [0.15, 0.2) is 0 Å². The Balaban J connectivity index is 2.11. The van der Waals surface area contributed by atoms with E-state index in [-0.39, 0.29) is 11.6 Å². The van der Waals surface area contributed by atoms with E-state index in [4.69, 9.17) is 5.11 Å². The largest absolute Gasteiger partial charge is 0.478 e. The first-order valence-electron chi connectivity index (χ1n) is 6.65. The van der Waals surface area contributed by atoms with Crippen molar-refractivity contribution in [3.8, 4) is 0 Å². The van der Waals surface area contributed by atoms with E-state index in [9.17, 15) is 14.0 Å². The smallest absolute Gasteiger partial charge is 0.328 e. The van der Waals surface area contributed by atoms with Gasteiger partial charge in [0.05, 0.1) is 5.56 Å². The number of thioether (sulfide) groups is 1. The summed E-state index contributed by atoms with van der Waals surface area (Å²) < 4.78 is 13.8. The number of rotatable bonds is 4. The van der Waals surface area contributed by atoms with Crippen molar-refractivity contribution in [1.82, 2.24) is 5.32 Å². The van der Waals surface area contributed by atoms with E-state index in [2.05, 4.69) is 5.32 Å². The summed E-state index contributed by atoms with van der Waals surface area (Å²) in [6.45, 7) is 0. The number of hydrogen-bond donors (Lipinski definition) is 2. The average molecular weight is 309 g/mol. The Morgan fingerprint density at radius 2 is 2.05 bits per heavy atom. The van der Waals surface area contributed by atoms with Gasteiger partial charge in [0.2, 0.25) is 0 Å². The maximum absolute atomic E-state index is 13.8. The second-order valence-electron chi connectivity index (χ2n) is 4.77. The molecular formula is C15H16FNO3S. The Morgan fingerprint density at radius 1 is 1.33 bits per heavy atom. The molecule has 0 bridgehead atoms. The summed E-state index contributed by atoms with van der Waals surface area (Å²) in [6, 6.07) is 4.05. The van der Waals surface area contributed by atoms with Gasteiger partial charge in [-0.15, -0.1) is 0 Å². The molecule has 1 heterocycles. The maximum Gasteiger partial charge on any atom is 0.328 e. The standard InChI is InChI=1S/C15H16FNO3S/c16-13-3-1-10(2-4-14(18)19)9-12(13)15(20)17-11-5-7-21-8-6-11/h1-4,9,11H,5-8H2,(H,17,20)(H,18,19)/b4-2+. The van der Waals surface area contributed by atoms with Gasteiger partial charge in [-0.2, -0.15) is 11.8 Å². The number of aliphatic carboxylic acids is 1. The Bertz CT molecular complexity index is 568. The topological polar surface area (TPSA) is 66.4 Å². The highest BCUT2D eigenvalue weighted by atomic mass is 32.2. The van der Waals surface area contributed by atoms with E-state index in [0.29, 0.717) is 5.56 Å². The van der Waals surface area contributed by atoms with Gasteiger partial charge in [0, 0.05) is 12.1 Å². The van der Waals surface area contributed by atoms with Crippen LogP contribution in [0.2, 0.25) is 0 Å². The molecule has 1 aromatic rings. The SMILES string of the molecule is O=C(O)/C=C/c1ccc(F)c(C(=O)NC2CCSCC2)c1. The molecule has 0 unspecified atom stereocenters. The lowest BCUT2D eigenvalue weighted by Crippen LogP contribution is -2.37. The van der Waals surface area contributed by atoms with Crippen molar-refractivity contribution >= 4 is 29.7 Å². The molecule has 1 aromatic carbocycles. The second kappa shape index (κ2) is 7.26. The van der Waals surface area contributed by atoms with Crippen LogP contribution in [0.3, 0.4) is 0 Å². The molecule has 0 spiro atoms. The minimum absolute atomic E-state index is 0.0548. The lowest BCUT2D eigenvalue weighted by atomic mass is 10.1. The first-order valence-corrected chi connectivity index (χ1v) is 7.81. The molecule has 1 amide bonds. The molecule has 0 aliphatic carbocycles. The molecule has 0 radical (unpaired) electrons. The fourth-order valence-corrected chi connectivity index (χ4v) is 3.20. The summed E-state index contributed by atoms with van der Waals surface area (Å²) in [4.78, 5) is 22.6. The molecular weight excluding hydrogens is 293 g/mol. The summed E-state index contributed by atoms with van der Waals surface area (Å²) in [5.74, 6) is -0.158. The van der Waals surface area contributed by atoms with Gasteiger partial charge >= 0.3 is 5.97 Å². The molecule has 112 valence electrons. The molecule has 1 saturated heterocycles. The third kappa shape index (κ3) is 4.60. The van der Waals surface area contributed by atoms with Gasteiger partial charge in [-0.3, -0.25) is 4.79 Å². The van der Waals surface area contributed by atoms with Crippen LogP contribution >= 0.6 is 11.8 Å². The average Bonchev–Trinajstić information content (AvgIpc) is 2.47. The van der Waals surface area contributed by atoms with Crippen LogP contribution in [0.1, 0.15) is 28.8 Å². The molecule has 4 nitrogen and oxygen atoms in total. The molecule has 0 atom stereocenters. The number of hydrogen-bond acceptors (Lipinski definition) is 3. The highest BCUT2D eigenvalue weighted by molar-refractivity contribution is 7.99. The Kier molecular flexibility index (Phi) is 5.38. The van der Waals surface area contributed by atoms with E-state index in [1.165, 1.54) is 24.3 Å². The second-order valence-corrected chi connectivity index (χ2v) is 6.00. The molecule has 1 fully saturated rings. The van der Waals surface area contributed by atoms with Crippen molar-refractivity contribution in [2.45, 2.75) is 18.9 Å². The first-order chi connectivity index (χ1) is 10.1. The normalized spacial score (nSPS) is 16.0. The lowest BCUT2D eigenvalue weighted by molar-refractivity contribution is -0.131. The highest BCUT2D eigenvalue weighted by Gasteiger charge is 2.19. The van der Waals surface area contributed by atoms with E-state index in [0.717, 1.165) is 30.4 Å². The Hall–Kier alpha value is -1.82. The molecule has 1 aliphatic rings. The van der Waals surface area contributed by atoms with Crippen LogP contribution in [0.5, 0.6) is 0 Å². The van der Waals surface area contributed by atoms with E-state index in [1.807, 2.05) is 11.8 Å². The van der Waals surface area contributed by atoms with Gasteiger partial charge < -0.3 is 10.4 Å². The highest BCUT2D eigenvalue weighted by Crippen LogP contribution is 2.18. The predicted octanol–water partition coefficient (Wildman–Crippen LogP) is 2.55. The zero-order valence-electron chi connectivity index (χ0n) is 11.3. The number of carboxylic acid groups (broad SMARTS) is 1. The number of nitrogens with one attached hydrogen (secondary N) is 1. The summed E-state index contributed by atoms with van der Waals surface area (Å²) in [5.41, 5.74) is 0.420. The van der Waals surface area contributed by atoms with Crippen LogP contribution in [0.4, 0.5) is 4.39 Å². The first kappa shape index (κ1) is 15.6. The predicted molar refractivity (Wildman–Crippen MR) is 80.9 cm³/mol. The fourth-order valence-electron chi connectivity index (χ4n) is 2.09. The zero-order chi connectivity index (χ0) is 15.2. The van der Waals surface area contributed by atoms with Crippen molar-refractivity contribution in [3.63, 3.8) is 0 Å². The third-order valence-corrected chi connectivity index (χ3v) is 4.26. The third-order valence-electron chi connectivity index (χ3n) is 3.21. The number of amides is 1. The monoisotopic (exact) mass is 309 g/mol. The molecule has 2 N–H and O–H groups in total. The van der Waals surface area contributed by atoms with E-state index in [1.54, 1.807) is 0 Å². The molecule has 21 heavy (non-hydrogen) atoms. The van der Waals surface area contributed by atoms with Gasteiger partial charge in [-0.05, 0) is 48.1 Å². The van der Waals surface area contributed by atoms with Crippen LogP contribution in [0.15, 0.2) is 24.3 Å². The van der Waals surface area contributed by atoms with Gasteiger partial charge in [-0.1, -0.05) is 6.07 Å². The molecule has 6 heteroatoms. The van der Waals surface area contributed by atoms with Crippen LogP contribution in [0, 0.1) is 5.82 Å². The number of carboxylic acids is 1. The van der Waals surface area contributed by atoms with Crippen molar-refractivity contribution in [2.75, 3.05) is 11.5 Å². The lowest BCUT2D eigenvalue weighted by Gasteiger charge is -2.22. The van der Waals surface area contributed by atoms with Crippen LogP contribution in [0.25, 0.3) is 6.08 Å². The van der Waals surface area contributed by atoms with Gasteiger partial charge in [0.25, 0.3) is 5.91 Å².